The summed E-state index contributed by atoms with van der Waals surface area (Å²) in [6, 6.07) is 4.81. The monoisotopic (exact) mass is 243 g/mol. The molecule has 0 saturated carbocycles. The van der Waals surface area contributed by atoms with Gasteiger partial charge in [-0.3, -0.25) is 0 Å². The van der Waals surface area contributed by atoms with Gasteiger partial charge in [-0.15, -0.1) is 12.4 Å². The summed E-state index contributed by atoms with van der Waals surface area (Å²) in [7, 11) is 0. The van der Waals surface area contributed by atoms with Crippen LogP contribution < -0.4 is 10.1 Å². The Morgan fingerprint density at radius 1 is 1.31 bits per heavy atom. The number of benzene rings is 1. The van der Waals surface area contributed by atoms with E-state index in [9.17, 15) is 4.39 Å². The average molecular weight is 244 g/mol. The molecule has 0 amide bonds. The number of aryl methyl sites for hydroxylation is 1. The highest BCUT2D eigenvalue weighted by Crippen LogP contribution is 2.36. The summed E-state index contributed by atoms with van der Waals surface area (Å²) in [4.78, 5) is 0. The van der Waals surface area contributed by atoms with Crippen LogP contribution in [-0.4, -0.2) is 18.7 Å². The van der Waals surface area contributed by atoms with Crippen LogP contribution in [0.2, 0.25) is 0 Å². The van der Waals surface area contributed by atoms with Gasteiger partial charge in [0.15, 0.2) is 0 Å². The number of halogens is 2. The van der Waals surface area contributed by atoms with E-state index in [2.05, 4.69) is 5.32 Å². The first-order valence-corrected chi connectivity index (χ1v) is 5.46. The molecule has 2 aliphatic heterocycles. The first-order valence-electron chi connectivity index (χ1n) is 5.46. The highest BCUT2D eigenvalue weighted by atomic mass is 35.5. The highest BCUT2D eigenvalue weighted by molar-refractivity contribution is 5.85. The Morgan fingerprint density at radius 2 is 2.19 bits per heavy atom. The van der Waals surface area contributed by atoms with Gasteiger partial charge in [0.1, 0.15) is 17.2 Å². The summed E-state index contributed by atoms with van der Waals surface area (Å²) in [6.07, 6.45) is 2.98. The van der Waals surface area contributed by atoms with Crippen molar-refractivity contribution in [3.8, 4) is 5.75 Å². The third-order valence-electron chi connectivity index (χ3n) is 3.40. The molecular formula is C12H15ClFNO. The van der Waals surface area contributed by atoms with Crippen LogP contribution in [-0.2, 0) is 6.42 Å². The minimum absolute atomic E-state index is 0. The smallest absolute Gasteiger partial charge is 0.123 e. The van der Waals surface area contributed by atoms with Crippen LogP contribution in [0.15, 0.2) is 18.2 Å². The van der Waals surface area contributed by atoms with E-state index in [1.807, 2.05) is 0 Å². The molecule has 0 aliphatic carbocycles. The van der Waals surface area contributed by atoms with E-state index in [0.717, 1.165) is 43.7 Å². The number of fused-ring (bicyclic) bond motifs is 1. The van der Waals surface area contributed by atoms with Crippen molar-refractivity contribution in [2.45, 2.75) is 24.9 Å². The Balaban J connectivity index is 0.000000963. The highest BCUT2D eigenvalue weighted by Gasteiger charge is 2.38. The summed E-state index contributed by atoms with van der Waals surface area (Å²) in [5, 5.41) is 3.33. The molecule has 16 heavy (non-hydrogen) atoms. The second-order valence-corrected chi connectivity index (χ2v) is 4.46. The van der Waals surface area contributed by atoms with Crippen LogP contribution in [0.3, 0.4) is 0 Å². The van der Waals surface area contributed by atoms with Crippen molar-refractivity contribution in [1.82, 2.24) is 5.32 Å². The maximum atomic E-state index is 13.0. The lowest BCUT2D eigenvalue weighted by molar-refractivity contribution is 0.0662. The Kier molecular flexibility index (Phi) is 3.08. The van der Waals surface area contributed by atoms with E-state index >= 15 is 0 Å². The van der Waals surface area contributed by atoms with Gasteiger partial charge in [-0.05, 0) is 43.1 Å². The van der Waals surface area contributed by atoms with Gasteiger partial charge in [0, 0.05) is 13.0 Å². The fourth-order valence-electron chi connectivity index (χ4n) is 2.51. The summed E-state index contributed by atoms with van der Waals surface area (Å²) in [5.74, 6) is 0.698. The van der Waals surface area contributed by atoms with Gasteiger partial charge in [0.25, 0.3) is 0 Å². The quantitative estimate of drug-likeness (QED) is 0.755. The van der Waals surface area contributed by atoms with E-state index in [1.54, 1.807) is 12.1 Å². The van der Waals surface area contributed by atoms with E-state index in [4.69, 9.17) is 4.74 Å². The van der Waals surface area contributed by atoms with Gasteiger partial charge in [0.2, 0.25) is 0 Å². The van der Waals surface area contributed by atoms with Crippen molar-refractivity contribution in [3.63, 3.8) is 0 Å². The minimum Gasteiger partial charge on any atom is -0.486 e. The molecular weight excluding hydrogens is 229 g/mol. The molecule has 1 aromatic carbocycles. The van der Waals surface area contributed by atoms with Crippen molar-refractivity contribution in [2.24, 2.45) is 0 Å². The van der Waals surface area contributed by atoms with Gasteiger partial charge in [-0.25, -0.2) is 4.39 Å². The van der Waals surface area contributed by atoms with E-state index in [-0.39, 0.29) is 23.8 Å². The fourth-order valence-corrected chi connectivity index (χ4v) is 2.51. The zero-order chi connectivity index (χ0) is 10.3. The molecule has 1 fully saturated rings. The second-order valence-electron chi connectivity index (χ2n) is 4.46. The summed E-state index contributed by atoms with van der Waals surface area (Å²) in [5.41, 5.74) is 0.984. The van der Waals surface area contributed by atoms with Crippen molar-refractivity contribution in [1.29, 1.82) is 0 Å². The van der Waals surface area contributed by atoms with Crippen LogP contribution in [0.5, 0.6) is 5.75 Å². The van der Waals surface area contributed by atoms with Crippen LogP contribution in [0.1, 0.15) is 18.4 Å². The third kappa shape index (κ3) is 1.89. The number of hydrogen-bond donors (Lipinski definition) is 1. The number of hydrogen-bond acceptors (Lipinski definition) is 2. The first-order chi connectivity index (χ1) is 7.27. The predicted molar refractivity (Wildman–Crippen MR) is 62.8 cm³/mol. The van der Waals surface area contributed by atoms with Gasteiger partial charge in [-0.2, -0.15) is 0 Å². The normalized spacial score (nSPS) is 27.1. The molecule has 2 aliphatic rings. The standard InChI is InChI=1S/C12H14FNO.ClH/c13-10-1-2-11-9(7-10)3-4-12(15-11)5-6-14-8-12;/h1-2,7,14H,3-6,8H2;1H. The molecule has 0 aromatic heterocycles. The minimum atomic E-state index is -0.169. The lowest BCUT2D eigenvalue weighted by atomic mass is 9.90. The molecule has 1 saturated heterocycles. The molecule has 4 heteroatoms. The summed E-state index contributed by atoms with van der Waals surface area (Å²) >= 11 is 0. The van der Waals surface area contributed by atoms with Crippen molar-refractivity contribution >= 4 is 12.4 Å². The Morgan fingerprint density at radius 3 is 2.94 bits per heavy atom. The van der Waals surface area contributed by atoms with E-state index in [0.29, 0.717) is 0 Å². The first kappa shape index (κ1) is 11.7. The largest absolute Gasteiger partial charge is 0.486 e. The maximum Gasteiger partial charge on any atom is 0.123 e. The van der Waals surface area contributed by atoms with Gasteiger partial charge in [-0.1, -0.05) is 0 Å². The molecule has 1 unspecified atom stereocenters. The molecule has 2 nitrogen and oxygen atoms in total. The molecule has 0 bridgehead atoms. The van der Waals surface area contributed by atoms with Crippen LogP contribution in [0, 0.1) is 5.82 Å². The van der Waals surface area contributed by atoms with E-state index in [1.165, 1.54) is 6.07 Å². The topological polar surface area (TPSA) is 21.3 Å². The predicted octanol–water partition coefficient (Wildman–Crippen LogP) is 2.30. The number of rotatable bonds is 0. The lowest BCUT2D eigenvalue weighted by Gasteiger charge is -2.34. The maximum absolute atomic E-state index is 13.0. The average Bonchev–Trinajstić information content (AvgIpc) is 2.67. The van der Waals surface area contributed by atoms with Crippen LogP contribution in [0.4, 0.5) is 4.39 Å². The molecule has 1 spiro atoms. The van der Waals surface area contributed by atoms with Crippen molar-refractivity contribution in [3.05, 3.63) is 29.6 Å². The molecule has 3 rings (SSSR count). The third-order valence-corrected chi connectivity index (χ3v) is 3.40. The van der Waals surface area contributed by atoms with E-state index < -0.39 is 0 Å². The number of nitrogens with one attached hydrogen (secondary N) is 1. The molecule has 2 heterocycles. The molecule has 1 aromatic rings. The molecule has 88 valence electrons. The lowest BCUT2D eigenvalue weighted by Crippen LogP contribution is -2.41. The number of ether oxygens (including phenoxy) is 1. The zero-order valence-electron chi connectivity index (χ0n) is 8.96. The van der Waals surface area contributed by atoms with Crippen LogP contribution >= 0.6 is 12.4 Å². The summed E-state index contributed by atoms with van der Waals surface area (Å²) < 4.78 is 19.0. The van der Waals surface area contributed by atoms with Gasteiger partial charge < -0.3 is 10.1 Å². The Labute approximate surface area is 101 Å². The SMILES string of the molecule is Cl.Fc1ccc2c(c1)CCC1(CCNC1)O2. The Hall–Kier alpha value is -0.800. The van der Waals surface area contributed by atoms with Crippen LogP contribution in [0.25, 0.3) is 0 Å². The van der Waals surface area contributed by atoms with Crippen molar-refractivity contribution in [2.75, 3.05) is 13.1 Å². The van der Waals surface area contributed by atoms with Crippen molar-refractivity contribution < 1.29 is 9.13 Å². The zero-order valence-corrected chi connectivity index (χ0v) is 9.78. The molecule has 0 radical (unpaired) electrons. The van der Waals surface area contributed by atoms with Gasteiger partial charge >= 0.3 is 0 Å². The van der Waals surface area contributed by atoms with Gasteiger partial charge in [0.05, 0.1) is 0 Å². The second kappa shape index (κ2) is 4.22. The summed E-state index contributed by atoms with van der Waals surface area (Å²) in [6.45, 7) is 1.94. The molecule has 1 N–H and O–H groups in total. The Bertz CT molecular complexity index is 391. The fraction of sp³-hybridized carbons (Fsp3) is 0.500. The molecule has 1 atom stereocenters.